The maximum Gasteiger partial charge on any atom is 0.229 e. The third-order valence-corrected chi connectivity index (χ3v) is 5.45. The van der Waals surface area contributed by atoms with Crippen LogP contribution in [-0.4, -0.2) is 40.3 Å². The average Bonchev–Trinajstić information content (AvgIpc) is 3.29. The summed E-state index contributed by atoms with van der Waals surface area (Å²) in [6.07, 6.45) is 0.115. The number of carbonyl (C=O) groups excluding carboxylic acids is 2. The van der Waals surface area contributed by atoms with Crippen LogP contribution in [0.5, 0.6) is 0 Å². The summed E-state index contributed by atoms with van der Waals surface area (Å²) in [6, 6.07) is 14.4. The summed E-state index contributed by atoms with van der Waals surface area (Å²) >= 11 is 3.41. The Morgan fingerprint density at radius 1 is 1.32 bits per heavy atom. The van der Waals surface area contributed by atoms with Crippen LogP contribution in [-0.2, 0) is 9.59 Å². The quantitative estimate of drug-likeness (QED) is 0.565. The average molecular weight is 443 g/mol. The van der Waals surface area contributed by atoms with Gasteiger partial charge in [-0.25, -0.2) is 0 Å². The van der Waals surface area contributed by atoms with Gasteiger partial charge in [-0.1, -0.05) is 46.3 Å². The molecule has 28 heavy (non-hydrogen) atoms. The molecule has 2 unspecified atom stereocenters. The molecule has 2 aromatic carbocycles. The molecule has 4 rings (SSSR count). The Labute approximate surface area is 169 Å². The third kappa shape index (κ3) is 3.53. The zero-order chi connectivity index (χ0) is 19.7. The molecule has 1 aliphatic rings. The van der Waals surface area contributed by atoms with Crippen molar-refractivity contribution in [1.82, 2.24) is 15.5 Å². The van der Waals surface area contributed by atoms with E-state index < -0.39 is 12.0 Å². The van der Waals surface area contributed by atoms with E-state index in [2.05, 4.69) is 31.4 Å². The second-order valence-electron chi connectivity index (χ2n) is 6.80. The summed E-state index contributed by atoms with van der Waals surface area (Å²) in [7, 11) is 0. The van der Waals surface area contributed by atoms with Gasteiger partial charge >= 0.3 is 0 Å². The SMILES string of the molecule is O=C(NC(CO)c1ccccc1)C1CC(=O)N(c2n[nH]c3cc(Br)ccc23)C1. The number of aromatic nitrogens is 2. The van der Waals surface area contributed by atoms with Gasteiger partial charge in [-0.15, -0.1) is 0 Å². The van der Waals surface area contributed by atoms with E-state index in [9.17, 15) is 14.7 Å². The number of hydrogen-bond donors (Lipinski definition) is 3. The van der Waals surface area contributed by atoms with Crippen molar-refractivity contribution in [2.45, 2.75) is 12.5 Å². The maximum atomic E-state index is 12.7. The molecule has 0 spiro atoms. The molecule has 7 nitrogen and oxygen atoms in total. The number of H-pyrrole nitrogens is 1. The Morgan fingerprint density at radius 2 is 2.11 bits per heavy atom. The number of benzene rings is 2. The number of aliphatic hydroxyl groups excluding tert-OH is 1. The van der Waals surface area contributed by atoms with Gasteiger partial charge in [0.2, 0.25) is 11.8 Å². The number of amides is 2. The first-order valence-electron chi connectivity index (χ1n) is 8.97. The second kappa shape index (κ2) is 7.73. The van der Waals surface area contributed by atoms with Gasteiger partial charge in [0.15, 0.2) is 5.82 Å². The number of anilines is 1. The van der Waals surface area contributed by atoms with E-state index in [4.69, 9.17) is 0 Å². The van der Waals surface area contributed by atoms with Crippen molar-refractivity contribution < 1.29 is 14.7 Å². The maximum absolute atomic E-state index is 12.7. The van der Waals surface area contributed by atoms with Crippen LogP contribution in [0.3, 0.4) is 0 Å². The number of rotatable bonds is 5. The highest BCUT2D eigenvalue weighted by Gasteiger charge is 2.37. The number of fused-ring (bicyclic) bond motifs is 1. The van der Waals surface area contributed by atoms with Crippen molar-refractivity contribution in [3.05, 3.63) is 58.6 Å². The third-order valence-electron chi connectivity index (χ3n) is 4.96. The minimum atomic E-state index is -0.499. The van der Waals surface area contributed by atoms with Gasteiger partial charge in [0, 0.05) is 22.8 Å². The molecule has 0 saturated carbocycles. The zero-order valence-corrected chi connectivity index (χ0v) is 16.5. The molecule has 3 aromatic rings. The molecule has 1 saturated heterocycles. The van der Waals surface area contributed by atoms with Gasteiger partial charge in [-0.2, -0.15) is 5.10 Å². The fourth-order valence-corrected chi connectivity index (χ4v) is 3.84. The number of aromatic amines is 1. The van der Waals surface area contributed by atoms with E-state index in [0.717, 1.165) is 20.9 Å². The van der Waals surface area contributed by atoms with Crippen molar-refractivity contribution in [2.75, 3.05) is 18.1 Å². The van der Waals surface area contributed by atoms with Crippen LogP contribution < -0.4 is 10.2 Å². The first-order chi connectivity index (χ1) is 13.6. The number of hydrogen-bond acceptors (Lipinski definition) is 4. The molecule has 1 fully saturated rings. The van der Waals surface area contributed by atoms with Crippen molar-refractivity contribution in [3.8, 4) is 0 Å². The van der Waals surface area contributed by atoms with Crippen molar-refractivity contribution in [2.24, 2.45) is 5.92 Å². The lowest BCUT2D eigenvalue weighted by atomic mass is 10.0. The summed E-state index contributed by atoms with van der Waals surface area (Å²) < 4.78 is 0.913. The normalized spacial score (nSPS) is 17.9. The molecule has 1 aromatic heterocycles. The van der Waals surface area contributed by atoms with Gasteiger partial charge in [0.25, 0.3) is 0 Å². The van der Waals surface area contributed by atoms with Gasteiger partial charge in [0.1, 0.15) is 0 Å². The molecule has 1 aliphatic heterocycles. The minimum absolute atomic E-state index is 0.115. The number of carbonyl (C=O) groups is 2. The van der Waals surface area contributed by atoms with Crippen LogP contribution in [0.2, 0.25) is 0 Å². The number of halogens is 1. The van der Waals surface area contributed by atoms with E-state index in [1.807, 2.05) is 48.5 Å². The summed E-state index contributed by atoms with van der Waals surface area (Å²) in [6.45, 7) is 0.0483. The molecule has 2 amide bonds. The molecular formula is C20H19BrN4O3. The van der Waals surface area contributed by atoms with Crippen LogP contribution in [0.25, 0.3) is 10.9 Å². The van der Waals surface area contributed by atoms with E-state index in [1.54, 1.807) is 4.90 Å². The van der Waals surface area contributed by atoms with Gasteiger partial charge in [-0.3, -0.25) is 19.6 Å². The molecule has 2 atom stereocenters. The lowest BCUT2D eigenvalue weighted by Gasteiger charge is -2.19. The van der Waals surface area contributed by atoms with Crippen LogP contribution in [0.1, 0.15) is 18.0 Å². The Balaban J connectivity index is 1.50. The highest BCUT2D eigenvalue weighted by Crippen LogP contribution is 2.31. The zero-order valence-electron chi connectivity index (χ0n) is 14.9. The van der Waals surface area contributed by atoms with Gasteiger partial charge in [0.05, 0.1) is 24.1 Å². The van der Waals surface area contributed by atoms with Crippen LogP contribution in [0.15, 0.2) is 53.0 Å². The molecular weight excluding hydrogens is 424 g/mol. The van der Waals surface area contributed by atoms with Crippen LogP contribution in [0.4, 0.5) is 5.82 Å². The van der Waals surface area contributed by atoms with Crippen molar-refractivity contribution >= 4 is 44.5 Å². The standard InChI is InChI=1S/C20H19BrN4O3/c21-14-6-7-15-16(9-14)23-24-19(15)25-10-13(8-18(25)27)20(28)22-17(11-26)12-4-2-1-3-5-12/h1-7,9,13,17,26H,8,10-11H2,(H,22,28)(H,23,24). The summed E-state index contributed by atoms with van der Waals surface area (Å²) in [4.78, 5) is 26.8. The first-order valence-corrected chi connectivity index (χ1v) is 9.76. The molecule has 0 radical (unpaired) electrons. The smallest absolute Gasteiger partial charge is 0.229 e. The van der Waals surface area contributed by atoms with E-state index in [-0.39, 0.29) is 31.4 Å². The summed E-state index contributed by atoms with van der Waals surface area (Å²) in [5.41, 5.74) is 1.64. The van der Waals surface area contributed by atoms with E-state index in [0.29, 0.717) is 5.82 Å². The fraction of sp³-hybridized carbons (Fsp3) is 0.250. The van der Waals surface area contributed by atoms with Crippen molar-refractivity contribution in [3.63, 3.8) is 0 Å². The predicted molar refractivity (Wildman–Crippen MR) is 109 cm³/mol. The summed E-state index contributed by atoms with van der Waals surface area (Å²) in [5.74, 6) is -0.352. The number of nitrogens with one attached hydrogen (secondary N) is 2. The topological polar surface area (TPSA) is 98.3 Å². The van der Waals surface area contributed by atoms with Crippen LogP contribution >= 0.6 is 15.9 Å². The van der Waals surface area contributed by atoms with Gasteiger partial charge < -0.3 is 10.4 Å². The lowest BCUT2D eigenvalue weighted by Crippen LogP contribution is -2.37. The Kier molecular flexibility index (Phi) is 5.15. The molecule has 8 heteroatoms. The van der Waals surface area contributed by atoms with E-state index in [1.165, 1.54) is 0 Å². The monoisotopic (exact) mass is 442 g/mol. The lowest BCUT2D eigenvalue weighted by molar-refractivity contribution is -0.127. The number of aliphatic hydroxyl groups is 1. The molecule has 2 heterocycles. The highest BCUT2D eigenvalue weighted by molar-refractivity contribution is 9.10. The Bertz CT molecular complexity index is 1020. The van der Waals surface area contributed by atoms with E-state index >= 15 is 0 Å². The van der Waals surface area contributed by atoms with Crippen LogP contribution in [0, 0.1) is 5.92 Å². The molecule has 3 N–H and O–H groups in total. The second-order valence-corrected chi connectivity index (χ2v) is 7.71. The molecule has 0 aliphatic carbocycles. The fourth-order valence-electron chi connectivity index (χ4n) is 3.48. The predicted octanol–water partition coefficient (Wildman–Crippen LogP) is 2.53. The molecule has 0 bridgehead atoms. The number of nitrogens with zero attached hydrogens (tertiary/aromatic N) is 2. The largest absolute Gasteiger partial charge is 0.394 e. The Hall–Kier alpha value is -2.71. The Morgan fingerprint density at radius 3 is 2.86 bits per heavy atom. The highest BCUT2D eigenvalue weighted by atomic mass is 79.9. The minimum Gasteiger partial charge on any atom is -0.394 e. The van der Waals surface area contributed by atoms with Crippen molar-refractivity contribution in [1.29, 1.82) is 0 Å². The van der Waals surface area contributed by atoms with Gasteiger partial charge in [-0.05, 0) is 23.8 Å². The summed E-state index contributed by atoms with van der Waals surface area (Å²) in [5, 5.41) is 20.5. The molecule has 144 valence electrons. The first kappa shape index (κ1) is 18.6.